The molecule has 1 aromatic carbocycles. The van der Waals surface area contributed by atoms with Crippen LogP contribution in [0.1, 0.15) is 16.8 Å². The van der Waals surface area contributed by atoms with Gasteiger partial charge in [-0.05, 0) is 18.6 Å². The molecule has 2 aliphatic heterocycles. The second-order valence-corrected chi connectivity index (χ2v) is 8.33. The van der Waals surface area contributed by atoms with E-state index in [0.717, 1.165) is 30.0 Å². The van der Waals surface area contributed by atoms with Crippen molar-refractivity contribution in [3.8, 4) is 5.88 Å². The molecule has 8 heteroatoms. The first-order valence-corrected chi connectivity index (χ1v) is 11.3. The first-order valence-electron chi connectivity index (χ1n) is 11.3. The number of aromatic nitrogens is 1. The van der Waals surface area contributed by atoms with Crippen molar-refractivity contribution in [2.24, 2.45) is 4.99 Å². The summed E-state index contributed by atoms with van der Waals surface area (Å²) in [5, 5.41) is 12.7. The molecule has 0 saturated carbocycles. The van der Waals surface area contributed by atoms with Gasteiger partial charge >= 0.3 is 0 Å². The third-order valence-electron chi connectivity index (χ3n) is 5.79. The molecule has 0 amide bonds. The lowest BCUT2D eigenvalue weighted by molar-refractivity contribution is -0.888. The molecule has 0 bridgehead atoms. The van der Waals surface area contributed by atoms with E-state index in [4.69, 9.17) is 14.2 Å². The highest BCUT2D eigenvalue weighted by Gasteiger charge is 2.21. The molecule has 4 rings (SSSR count). The Kier molecular flexibility index (Phi) is 7.70. The Balaban J connectivity index is 1.44. The van der Waals surface area contributed by atoms with Crippen LogP contribution in [0.15, 0.2) is 41.4 Å². The number of quaternary nitrogens is 1. The summed E-state index contributed by atoms with van der Waals surface area (Å²) in [5.41, 5.74) is 4.17. The average molecular weight is 441 g/mol. The standard InChI is InChI=1S/C24H32N4O4/c1-20-3-2-4-21(15-20)18-25-19-22-16-23(27-5-10-30-11-6-27)17-24(26-22)32-14-9-28(29)7-12-31-13-8-28/h2-4,15-18H,5-14,19H2,1H3. The van der Waals surface area contributed by atoms with Crippen LogP contribution in [0.5, 0.6) is 5.88 Å². The topological polar surface area (TPSA) is 79.2 Å². The maximum absolute atomic E-state index is 12.7. The molecule has 2 aromatic rings. The monoisotopic (exact) mass is 440 g/mol. The predicted molar refractivity (Wildman–Crippen MR) is 124 cm³/mol. The highest BCUT2D eigenvalue weighted by Crippen LogP contribution is 2.23. The molecule has 0 atom stereocenters. The Bertz CT molecular complexity index is 909. The molecule has 1 aromatic heterocycles. The van der Waals surface area contributed by atoms with Gasteiger partial charge in [-0.15, -0.1) is 0 Å². The van der Waals surface area contributed by atoms with E-state index in [9.17, 15) is 5.21 Å². The van der Waals surface area contributed by atoms with Gasteiger partial charge in [-0.1, -0.05) is 29.8 Å². The summed E-state index contributed by atoms with van der Waals surface area (Å²) in [4.78, 5) is 11.5. The quantitative estimate of drug-likeness (QED) is 0.357. The van der Waals surface area contributed by atoms with Crippen LogP contribution >= 0.6 is 0 Å². The molecule has 0 N–H and O–H groups in total. The number of rotatable bonds is 8. The van der Waals surface area contributed by atoms with E-state index in [1.165, 1.54) is 5.56 Å². The van der Waals surface area contributed by atoms with E-state index in [1.807, 2.05) is 24.4 Å². The molecule has 2 saturated heterocycles. The first-order chi connectivity index (χ1) is 15.6. The minimum absolute atomic E-state index is 0.267. The Morgan fingerprint density at radius 1 is 1.12 bits per heavy atom. The lowest BCUT2D eigenvalue weighted by atomic mass is 10.1. The number of ether oxygens (including phenoxy) is 3. The van der Waals surface area contributed by atoms with Gasteiger partial charge in [0, 0.05) is 31.1 Å². The van der Waals surface area contributed by atoms with Crippen molar-refractivity contribution >= 4 is 11.9 Å². The Labute approximate surface area is 189 Å². The molecule has 172 valence electrons. The molecule has 0 unspecified atom stereocenters. The lowest BCUT2D eigenvalue weighted by Gasteiger charge is -2.44. The zero-order valence-electron chi connectivity index (χ0n) is 18.7. The largest absolute Gasteiger partial charge is 0.633 e. The van der Waals surface area contributed by atoms with Gasteiger partial charge in [0.05, 0.1) is 38.7 Å². The van der Waals surface area contributed by atoms with E-state index in [1.54, 1.807) is 0 Å². The normalized spacial score (nSPS) is 18.8. The van der Waals surface area contributed by atoms with Gasteiger partial charge in [0.2, 0.25) is 5.88 Å². The third-order valence-corrected chi connectivity index (χ3v) is 5.79. The second kappa shape index (κ2) is 10.9. The lowest BCUT2D eigenvalue weighted by Crippen LogP contribution is -2.52. The van der Waals surface area contributed by atoms with E-state index >= 15 is 0 Å². The van der Waals surface area contributed by atoms with Gasteiger partial charge in [0.25, 0.3) is 0 Å². The SMILES string of the molecule is Cc1cccc(C=NCc2cc(N3CCOCC3)cc(OCC[N+]3([O-])CCOCC3)n2)c1. The molecule has 2 aliphatic rings. The summed E-state index contributed by atoms with van der Waals surface area (Å²) < 4.78 is 16.5. The molecule has 8 nitrogen and oxygen atoms in total. The number of hydrogen-bond donors (Lipinski definition) is 0. The fourth-order valence-electron chi connectivity index (χ4n) is 3.91. The fourth-order valence-corrected chi connectivity index (χ4v) is 3.91. The summed E-state index contributed by atoms with van der Waals surface area (Å²) in [6, 6.07) is 12.3. The minimum atomic E-state index is -0.267. The molecule has 0 radical (unpaired) electrons. The average Bonchev–Trinajstić information content (AvgIpc) is 2.80. The summed E-state index contributed by atoms with van der Waals surface area (Å²) in [6.45, 7) is 8.30. The zero-order valence-corrected chi connectivity index (χ0v) is 18.7. The maximum atomic E-state index is 12.7. The highest BCUT2D eigenvalue weighted by atomic mass is 16.6. The number of morpholine rings is 2. The van der Waals surface area contributed by atoms with Crippen molar-refractivity contribution in [1.82, 2.24) is 4.98 Å². The number of aryl methyl sites for hydroxylation is 1. The minimum Gasteiger partial charge on any atom is -0.633 e. The molecular weight excluding hydrogens is 408 g/mol. The molecule has 0 aliphatic carbocycles. The number of nitrogens with zero attached hydrogens (tertiary/aromatic N) is 4. The van der Waals surface area contributed by atoms with E-state index in [2.05, 4.69) is 40.0 Å². The Morgan fingerprint density at radius 3 is 2.69 bits per heavy atom. The fraction of sp³-hybridized carbons (Fsp3) is 0.500. The van der Waals surface area contributed by atoms with Crippen molar-refractivity contribution in [1.29, 1.82) is 0 Å². The summed E-state index contributed by atoms with van der Waals surface area (Å²) in [5.74, 6) is 0.537. The third kappa shape index (κ3) is 6.49. The van der Waals surface area contributed by atoms with Gasteiger partial charge in [-0.3, -0.25) is 4.99 Å². The van der Waals surface area contributed by atoms with Crippen molar-refractivity contribution < 1.29 is 18.9 Å². The van der Waals surface area contributed by atoms with Crippen LogP contribution in [0.25, 0.3) is 0 Å². The van der Waals surface area contributed by atoms with Crippen LogP contribution in [0, 0.1) is 12.1 Å². The number of aliphatic imine (C=N–C) groups is 1. The summed E-state index contributed by atoms with van der Waals surface area (Å²) in [6.07, 6.45) is 1.88. The zero-order chi connectivity index (χ0) is 22.2. The van der Waals surface area contributed by atoms with Crippen LogP contribution in [0.2, 0.25) is 0 Å². The van der Waals surface area contributed by atoms with Crippen molar-refractivity contribution in [2.45, 2.75) is 13.5 Å². The molecule has 2 fully saturated rings. The molecular formula is C24H32N4O4. The van der Waals surface area contributed by atoms with Gasteiger partial charge in [-0.25, -0.2) is 4.98 Å². The number of hydroxylamine groups is 3. The van der Waals surface area contributed by atoms with E-state index in [-0.39, 0.29) is 4.65 Å². The number of hydrogen-bond acceptors (Lipinski definition) is 7. The summed E-state index contributed by atoms with van der Waals surface area (Å²) >= 11 is 0. The van der Waals surface area contributed by atoms with E-state index < -0.39 is 0 Å². The van der Waals surface area contributed by atoms with Crippen LogP contribution < -0.4 is 9.64 Å². The van der Waals surface area contributed by atoms with Crippen molar-refractivity contribution in [2.75, 3.05) is 70.7 Å². The predicted octanol–water partition coefficient (Wildman–Crippen LogP) is 2.57. The van der Waals surface area contributed by atoms with Gasteiger partial charge < -0.3 is 29.0 Å². The van der Waals surface area contributed by atoms with E-state index in [0.29, 0.717) is 65.1 Å². The van der Waals surface area contributed by atoms with Crippen LogP contribution in [-0.4, -0.2) is 81.6 Å². The molecule has 32 heavy (non-hydrogen) atoms. The van der Waals surface area contributed by atoms with Gasteiger partial charge in [0.1, 0.15) is 26.2 Å². The molecule has 3 heterocycles. The smallest absolute Gasteiger partial charge is 0.215 e. The highest BCUT2D eigenvalue weighted by molar-refractivity contribution is 5.79. The van der Waals surface area contributed by atoms with Crippen LogP contribution in [-0.2, 0) is 16.0 Å². The second-order valence-electron chi connectivity index (χ2n) is 8.33. The van der Waals surface area contributed by atoms with Crippen molar-refractivity contribution in [3.63, 3.8) is 0 Å². The van der Waals surface area contributed by atoms with Crippen molar-refractivity contribution in [3.05, 3.63) is 58.4 Å². The molecule has 0 spiro atoms. The Hall–Kier alpha value is -2.52. The van der Waals surface area contributed by atoms with Crippen LogP contribution in [0.4, 0.5) is 5.69 Å². The van der Waals surface area contributed by atoms with Gasteiger partial charge in [-0.2, -0.15) is 0 Å². The van der Waals surface area contributed by atoms with Gasteiger partial charge in [0.15, 0.2) is 0 Å². The number of pyridine rings is 1. The Morgan fingerprint density at radius 2 is 1.91 bits per heavy atom. The van der Waals surface area contributed by atoms with Crippen LogP contribution in [0.3, 0.4) is 0 Å². The maximum Gasteiger partial charge on any atom is 0.215 e. The number of anilines is 1. The first kappa shape index (κ1) is 22.7. The summed E-state index contributed by atoms with van der Waals surface area (Å²) in [7, 11) is 0. The number of benzene rings is 1.